The molecule has 0 aromatic carbocycles. The second-order valence-electron chi connectivity index (χ2n) is 4.10. The van der Waals surface area contributed by atoms with Gasteiger partial charge in [0.2, 0.25) is 0 Å². The third-order valence-electron chi connectivity index (χ3n) is 3.37. The quantitative estimate of drug-likeness (QED) is 0.634. The minimum absolute atomic E-state index is 0.817. The Morgan fingerprint density at radius 1 is 1.25 bits per heavy atom. The molecule has 1 saturated carbocycles. The summed E-state index contributed by atoms with van der Waals surface area (Å²) in [6.07, 6.45) is 8.50. The Hall–Kier alpha value is 0.480. The Balaban J connectivity index is 2.38. The molecule has 0 radical (unpaired) electrons. The van der Waals surface area contributed by atoms with E-state index in [1.54, 1.807) is 0 Å². The van der Waals surface area contributed by atoms with Crippen LogP contribution in [0.25, 0.3) is 0 Å². The maximum Gasteiger partial charge on any atom is 0.0148 e. The summed E-state index contributed by atoms with van der Waals surface area (Å²) in [5.74, 6) is 2.00. The van der Waals surface area contributed by atoms with Crippen molar-refractivity contribution in [3.05, 3.63) is 0 Å². The van der Waals surface area contributed by atoms with Gasteiger partial charge < -0.3 is 0 Å². The lowest BCUT2D eigenvalue weighted by Gasteiger charge is -2.31. The number of rotatable bonds is 3. The zero-order chi connectivity index (χ0) is 8.97. The van der Waals surface area contributed by atoms with E-state index < -0.39 is 0 Å². The second kappa shape index (κ2) is 5.26. The van der Waals surface area contributed by atoms with Crippen molar-refractivity contribution in [2.45, 2.75) is 57.2 Å². The van der Waals surface area contributed by atoms with Crippen LogP contribution in [0.1, 0.15) is 52.4 Å². The van der Waals surface area contributed by atoms with E-state index in [1.807, 2.05) is 0 Å². The van der Waals surface area contributed by atoms with Gasteiger partial charge in [0, 0.05) is 4.83 Å². The van der Waals surface area contributed by atoms with Crippen molar-refractivity contribution in [3.63, 3.8) is 0 Å². The van der Waals surface area contributed by atoms with Crippen LogP contribution in [0, 0.1) is 11.8 Å². The molecule has 0 aromatic heterocycles. The van der Waals surface area contributed by atoms with Crippen molar-refractivity contribution in [1.82, 2.24) is 0 Å². The van der Waals surface area contributed by atoms with E-state index in [0.717, 1.165) is 16.7 Å². The fourth-order valence-electron chi connectivity index (χ4n) is 2.55. The van der Waals surface area contributed by atoms with Crippen LogP contribution in [0.15, 0.2) is 0 Å². The second-order valence-corrected chi connectivity index (χ2v) is 5.40. The standard InChI is InChI=1S/C11H21Br/c1-3-9(4-2)10-6-5-7-11(12)8-10/h9-11H,3-8H2,1-2H3. The minimum atomic E-state index is 0.817. The van der Waals surface area contributed by atoms with Crippen molar-refractivity contribution in [1.29, 1.82) is 0 Å². The van der Waals surface area contributed by atoms with Gasteiger partial charge >= 0.3 is 0 Å². The summed E-state index contributed by atoms with van der Waals surface area (Å²) in [4.78, 5) is 0.817. The van der Waals surface area contributed by atoms with E-state index in [1.165, 1.54) is 38.5 Å². The van der Waals surface area contributed by atoms with Gasteiger partial charge in [-0.1, -0.05) is 55.5 Å². The highest BCUT2D eigenvalue weighted by Gasteiger charge is 2.24. The molecule has 2 atom stereocenters. The number of hydrogen-bond acceptors (Lipinski definition) is 0. The predicted octanol–water partition coefficient (Wildman–Crippen LogP) is 4.38. The van der Waals surface area contributed by atoms with Crippen molar-refractivity contribution in [2.75, 3.05) is 0 Å². The Labute approximate surface area is 85.3 Å². The van der Waals surface area contributed by atoms with Crippen LogP contribution in [0.4, 0.5) is 0 Å². The van der Waals surface area contributed by atoms with Gasteiger partial charge in [-0.2, -0.15) is 0 Å². The zero-order valence-corrected chi connectivity index (χ0v) is 9.94. The van der Waals surface area contributed by atoms with E-state index in [2.05, 4.69) is 29.8 Å². The molecule has 0 aromatic rings. The highest BCUT2D eigenvalue weighted by atomic mass is 79.9. The maximum absolute atomic E-state index is 3.76. The first-order valence-corrected chi connectivity index (χ1v) is 6.33. The monoisotopic (exact) mass is 232 g/mol. The summed E-state index contributed by atoms with van der Waals surface area (Å²) in [5.41, 5.74) is 0. The molecule has 1 aliphatic rings. The summed E-state index contributed by atoms with van der Waals surface area (Å²) in [5, 5.41) is 0. The molecule has 0 bridgehead atoms. The molecule has 0 N–H and O–H groups in total. The lowest BCUT2D eigenvalue weighted by Crippen LogP contribution is -2.22. The molecule has 72 valence electrons. The van der Waals surface area contributed by atoms with Gasteiger partial charge in [0.1, 0.15) is 0 Å². The van der Waals surface area contributed by atoms with Gasteiger partial charge in [-0.3, -0.25) is 0 Å². The first kappa shape index (κ1) is 10.6. The highest BCUT2D eigenvalue weighted by Crippen LogP contribution is 2.36. The van der Waals surface area contributed by atoms with Crippen molar-refractivity contribution in [3.8, 4) is 0 Å². The number of alkyl halides is 1. The molecule has 1 fully saturated rings. The fraction of sp³-hybridized carbons (Fsp3) is 1.00. The van der Waals surface area contributed by atoms with Crippen LogP contribution < -0.4 is 0 Å². The Bertz CT molecular complexity index is 118. The SMILES string of the molecule is CCC(CC)C1CCCC(Br)C1. The number of hydrogen-bond donors (Lipinski definition) is 0. The molecule has 1 aliphatic carbocycles. The van der Waals surface area contributed by atoms with E-state index in [4.69, 9.17) is 0 Å². The third kappa shape index (κ3) is 2.76. The normalized spacial score (nSPS) is 31.0. The molecular formula is C11H21Br. The van der Waals surface area contributed by atoms with Gasteiger partial charge in [0.15, 0.2) is 0 Å². The summed E-state index contributed by atoms with van der Waals surface area (Å²) < 4.78 is 0. The molecule has 0 amide bonds. The van der Waals surface area contributed by atoms with E-state index in [0.29, 0.717) is 0 Å². The molecular weight excluding hydrogens is 212 g/mol. The minimum Gasteiger partial charge on any atom is -0.0891 e. The number of halogens is 1. The summed E-state index contributed by atoms with van der Waals surface area (Å²) in [7, 11) is 0. The van der Waals surface area contributed by atoms with Crippen molar-refractivity contribution < 1.29 is 0 Å². The topological polar surface area (TPSA) is 0 Å². The van der Waals surface area contributed by atoms with Crippen molar-refractivity contribution >= 4 is 15.9 Å². The zero-order valence-electron chi connectivity index (χ0n) is 8.35. The fourth-order valence-corrected chi connectivity index (χ4v) is 3.35. The van der Waals surface area contributed by atoms with Gasteiger partial charge in [-0.25, -0.2) is 0 Å². The molecule has 0 aliphatic heterocycles. The van der Waals surface area contributed by atoms with Crippen LogP contribution in [0.2, 0.25) is 0 Å². The van der Waals surface area contributed by atoms with Gasteiger partial charge in [-0.15, -0.1) is 0 Å². The van der Waals surface area contributed by atoms with Crippen LogP contribution >= 0.6 is 15.9 Å². The summed E-state index contributed by atoms with van der Waals surface area (Å²) in [6, 6.07) is 0. The summed E-state index contributed by atoms with van der Waals surface area (Å²) >= 11 is 3.76. The van der Waals surface area contributed by atoms with Gasteiger partial charge in [-0.05, 0) is 24.7 Å². The van der Waals surface area contributed by atoms with E-state index in [-0.39, 0.29) is 0 Å². The average molecular weight is 233 g/mol. The predicted molar refractivity (Wildman–Crippen MR) is 58.7 cm³/mol. The third-order valence-corrected chi connectivity index (χ3v) is 4.20. The Kier molecular flexibility index (Phi) is 4.63. The molecule has 0 spiro atoms. The maximum atomic E-state index is 3.76. The van der Waals surface area contributed by atoms with Gasteiger partial charge in [0.05, 0.1) is 0 Å². The Morgan fingerprint density at radius 3 is 2.42 bits per heavy atom. The molecule has 0 nitrogen and oxygen atoms in total. The molecule has 1 rings (SSSR count). The van der Waals surface area contributed by atoms with Crippen LogP contribution in [-0.2, 0) is 0 Å². The van der Waals surface area contributed by atoms with E-state index in [9.17, 15) is 0 Å². The van der Waals surface area contributed by atoms with Crippen LogP contribution in [0.5, 0.6) is 0 Å². The molecule has 1 heteroatoms. The summed E-state index contributed by atoms with van der Waals surface area (Å²) in [6.45, 7) is 4.68. The lowest BCUT2D eigenvalue weighted by atomic mass is 9.78. The molecule has 2 unspecified atom stereocenters. The first-order chi connectivity index (χ1) is 5.77. The first-order valence-electron chi connectivity index (χ1n) is 5.42. The average Bonchev–Trinajstić information content (AvgIpc) is 2.07. The molecule has 0 saturated heterocycles. The van der Waals surface area contributed by atoms with E-state index >= 15 is 0 Å². The van der Waals surface area contributed by atoms with Crippen LogP contribution in [-0.4, -0.2) is 4.83 Å². The lowest BCUT2D eigenvalue weighted by molar-refractivity contribution is 0.242. The highest BCUT2D eigenvalue weighted by molar-refractivity contribution is 9.09. The van der Waals surface area contributed by atoms with Crippen molar-refractivity contribution in [2.24, 2.45) is 11.8 Å². The largest absolute Gasteiger partial charge is 0.0891 e. The molecule has 0 heterocycles. The molecule has 12 heavy (non-hydrogen) atoms. The Morgan fingerprint density at radius 2 is 1.92 bits per heavy atom. The smallest absolute Gasteiger partial charge is 0.0148 e. The van der Waals surface area contributed by atoms with Gasteiger partial charge in [0.25, 0.3) is 0 Å². The van der Waals surface area contributed by atoms with Crippen LogP contribution in [0.3, 0.4) is 0 Å².